The summed E-state index contributed by atoms with van der Waals surface area (Å²) >= 11 is 0. The lowest BCUT2D eigenvalue weighted by atomic mass is 9.88. The molecule has 0 unspecified atom stereocenters. The van der Waals surface area contributed by atoms with Gasteiger partial charge in [-0.15, -0.1) is 0 Å². The Kier molecular flexibility index (Phi) is 5.61. The highest BCUT2D eigenvalue weighted by molar-refractivity contribution is 5.93. The van der Waals surface area contributed by atoms with Gasteiger partial charge in [-0.05, 0) is 80.1 Å². The first-order valence-electron chi connectivity index (χ1n) is 10.7. The average molecular weight is 391 g/mol. The second-order valence-electron chi connectivity index (χ2n) is 8.24. The molecule has 152 valence electrons. The Morgan fingerprint density at radius 2 is 1.83 bits per heavy atom. The fraction of sp³-hybridized carbons (Fsp3) is 0.400. The molecule has 0 spiro atoms. The van der Waals surface area contributed by atoms with Crippen LogP contribution >= 0.6 is 0 Å². The molecule has 1 aliphatic rings. The first-order chi connectivity index (χ1) is 14.0. The van der Waals surface area contributed by atoms with E-state index < -0.39 is 0 Å². The Balaban J connectivity index is 1.53. The number of hydrogen-bond donors (Lipinski definition) is 2. The van der Waals surface area contributed by atoms with Crippen molar-refractivity contribution in [1.29, 1.82) is 0 Å². The molecule has 4 rings (SSSR count). The quantitative estimate of drug-likeness (QED) is 0.512. The maximum Gasteiger partial charge on any atom is 0.227 e. The van der Waals surface area contributed by atoms with Crippen molar-refractivity contribution in [2.75, 3.05) is 5.32 Å². The summed E-state index contributed by atoms with van der Waals surface area (Å²) in [6.07, 6.45) is 8.63. The van der Waals surface area contributed by atoms with E-state index in [1.165, 1.54) is 17.4 Å². The van der Waals surface area contributed by atoms with E-state index in [4.69, 9.17) is 4.74 Å². The largest absolute Gasteiger partial charge is 0.457 e. The molecule has 2 aromatic carbocycles. The van der Waals surface area contributed by atoms with Crippen LogP contribution in [0.5, 0.6) is 11.5 Å². The van der Waals surface area contributed by atoms with Gasteiger partial charge >= 0.3 is 0 Å². The van der Waals surface area contributed by atoms with Crippen molar-refractivity contribution in [1.82, 2.24) is 4.98 Å². The minimum absolute atomic E-state index is 0.154. The number of carbonyl (C=O) groups is 1. The summed E-state index contributed by atoms with van der Waals surface area (Å²) in [4.78, 5) is 15.9. The number of ether oxygens (including phenoxy) is 1. The van der Waals surface area contributed by atoms with Gasteiger partial charge in [-0.25, -0.2) is 0 Å². The summed E-state index contributed by atoms with van der Waals surface area (Å²) < 4.78 is 6.27. The Hall–Kier alpha value is -2.75. The van der Waals surface area contributed by atoms with Gasteiger partial charge in [0.05, 0.1) is 0 Å². The molecule has 1 amide bonds. The number of anilines is 1. The maximum atomic E-state index is 12.6. The number of aromatic amines is 1. The Morgan fingerprint density at radius 1 is 1.10 bits per heavy atom. The van der Waals surface area contributed by atoms with Crippen molar-refractivity contribution in [3.8, 4) is 11.5 Å². The molecule has 1 aliphatic carbocycles. The molecule has 4 nitrogen and oxygen atoms in total. The van der Waals surface area contributed by atoms with Crippen LogP contribution < -0.4 is 10.1 Å². The van der Waals surface area contributed by atoms with Crippen LogP contribution in [0.4, 0.5) is 5.69 Å². The van der Waals surface area contributed by atoms with Crippen LogP contribution in [0.3, 0.4) is 0 Å². The predicted molar refractivity (Wildman–Crippen MR) is 119 cm³/mol. The van der Waals surface area contributed by atoms with Crippen molar-refractivity contribution in [3.63, 3.8) is 0 Å². The molecule has 2 N–H and O–H groups in total. The van der Waals surface area contributed by atoms with Crippen LogP contribution in [0.2, 0.25) is 0 Å². The molecule has 1 fully saturated rings. The third-order valence-electron chi connectivity index (χ3n) is 6.04. The zero-order valence-electron chi connectivity index (χ0n) is 17.6. The third-order valence-corrected chi connectivity index (χ3v) is 6.04. The summed E-state index contributed by atoms with van der Waals surface area (Å²) in [6, 6.07) is 10.2. The van der Waals surface area contributed by atoms with Crippen LogP contribution in [0.15, 0.2) is 36.5 Å². The van der Waals surface area contributed by atoms with Crippen LogP contribution in [0, 0.1) is 19.8 Å². The van der Waals surface area contributed by atoms with Gasteiger partial charge in [-0.2, -0.15) is 0 Å². The van der Waals surface area contributed by atoms with Gasteiger partial charge in [0, 0.05) is 28.7 Å². The molecule has 29 heavy (non-hydrogen) atoms. The zero-order chi connectivity index (χ0) is 20.4. The fourth-order valence-electron chi connectivity index (χ4n) is 4.42. The molecule has 0 bridgehead atoms. The van der Waals surface area contributed by atoms with Crippen LogP contribution in [-0.4, -0.2) is 10.9 Å². The molecular formula is C25H30N2O2. The molecule has 3 aromatic rings. The SMILES string of the molecule is CCc1c[nH]c2ccc(Oc3c(C)cc(NC(=O)C4CCCCC4)cc3C)cc12. The smallest absolute Gasteiger partial charge is 0.227 e. The normalized spacial score (nSPS) is 14.9. The van der Waals surface area contributed by atoms with E-state index in [1.54, 1.807) is 0 Å². The first kappa shape index (κ1) is 19.6. The summed E-state index contributed by atoms with van der Waals surface area (Å²) in [5.41, 5.74) is 5.32. The van der Waals surface area contributed by atoms with E-state index in [1.807, 2.05) is 32.0 Å². The van der Waals surface area contributed by atoms with Crippen LogP contribution in [0.25, 0.3) is 10.9 Å². The molecule has 4 heteroatoms. The lowest BCUT2D eigenvalue weighted by Gasteiger charge is -2.21. The summed E-state index contributed by atoms with van der Waals surface area (Å²) in [7, 11) is 0. The topological polar surface area (TPSA) is 54.1 Å². The van der Waals surface area contributed by atoms with Gasteiger partial charge in [0.25, 0.3) is 0 Å². The molecule has 0 radical (unpaired) electrons. The highest BCUT2D eigenvalue weighted by atomic mass is 16.5. The van der Waals surface area contributed by atoms with Crippen molar-refractivity contribution >= 4 is 22.5 Å². The Bertz CT molecular complexity index is 1010. The maximum absolute atomic E-state index is 12.6. The number of H-pyrrole nitrogens is 1. The molecular weight excluding hydrogens is 360 g/mol. The Morgan fingerprint density at radius 3 is 2.52 bits per heavy atom. The number of rotatable bonds is 5. The van der Waals surface area contributed by atoms with E-state index in [0.717, 1.165) is 65.9 Å². The number of aryl methyl sites for hydroxylation is 3. The van der Waals surface area contributed by atoms with E-state index in [0.29, 0.717) is 0 Å². The predicted octanol–water partition coefficient (Wildman–Crippen LogP) is 6.66. The van der Waals surface area contributed by atoms with Gasteiger partial charge in [0.1, 0.15) is 11.5 Å². The molecule has 0 saturated heterocycles. The summed E-state index contributed by atoms with van der Waals surface area (Å²) in [6.45, 7) is 6.22. The number of benzene rings is 2. The second kappa shape index (κ2) is 8.32. The molecule has 1 heterocycles. The zero-order valence-corrected chi connectivity index (χ0v) is 17.6. The van der Waals surface area contributed by atoms with Gasteiger partial charge in [-0.3, -0.25) is 4.79 Å². The highest BCUT2D eigenvalue weighted by Crippen LogP contribution is 2.34. The second-order valence-corrected chi connectivity index (χ2v) is 8.24. The number of fused-ring (bicyclic) bond motifs is 1. The lowest BCUT2D eigenvalue weighted by Crippen LogP contribution is -2.24. The Labute approximate surface area is 172 Å². The van der Waals surface area contributed by atoms with E-state index in [9.17, 15) is 4.79 Å². The van der Waals surface area contributed by atoms with Crippen molar-refractivity contribution < 1.29 is 9.53 Å². The third kappa shape index (κ3) is 4.16. The standard InChI is InChI=1S/C25H30N2O2/c1-4-18-15-26-23-11-10-21(14-22(18)23)29-24-16(2)12-20(13-17(24)3)27-25(28)19-8-6-5-7-9-19/h10-15,19,26H,4-9H2,1-3H3,(H,27,28). The van der Waals surface area contributed by atoms with Crippen molar-refractivity contribution in [2.24, 2.45) is 5.92 Å². The molecule has 1 saturated carbocycles. The van der Waals surface area contributed by atoms with E-state index >= 15 is 0 Å². The number of amides is 1. The molecule has 0 atom stereocenters. The van der Waals surface area contributed by atoms with E-state index in [-0.39, 0.29) is 11.8 Å². The molecule has 1 aromatic heterocycles. The van der Waals surface area contributed by atoms with Gasteiger partial charge in [-0.1, -0.05) is 26.2 Å². The summed E-state index contributed by atoms with van der Waals surface area (Å²) in [5, 5.41) is 4.33. The molecule has 0 aliphatic heterocycles. The number of nitrogens with one attached hydrogen (secondary N) is 2. The first-order valence-corrected chi connectivity index (χ1v) is 10.7. The lowest BCUT2D eigenvalue weighted by molar-refractivity contribution is -0.120. The van der Waals surface area contributed by atoms with E-state index in [2.05, 4.69) is 35.6 Å². The average Bonchev–Trinajstić information content (AvgIpc) is 3.13. The monoisotopic (exact) mass is 390 g/mol. The van der Waals surface area contributed by atoms with Gasteiger partial charge in [0.2, 0.25) is 5.91 Å². The van der Waals surface area contributed by atoms with Crippen LogP contribution in [0.1, 0.15) is 55.7 Å². The van der Waals surface area contributed by atoms with Crippen molar-refractivity contribution in [3.05, 3.63) is 53.2 Å². The number of hydrogen-bond acceptors (Lipinski definition) is 2. The summed E-state index contributed by atoms with van der Waals surface area (Å²) in [5.74, 6) is 1.99. The van der Waals surface area contributed by atoms with Gasteiger partial charge in [0.15, 0.2) is 0 Å². The number of carbonyl (C=O) groups excluding carboxylic acids is 1. The van der Waals surface area contributed by atoms with Crippen molar-refractivity contribution in [2.45, 2.75) is 59.3 Å². The van der Waals surface area contributed by atoms with Gasteiger partial charge < -0.3 is 15.0 Å². The minimum atomic E-state index is 0.154. The fourth-order valence-corrected chi connectivity index (χ4v) is 4.42. The number of aromatic nitrogens is 1. The van der Waals surface area contributed by atoms with Crippen LogP contribution in [-0.2, 0) is 11.2 Å². The highest BCUT2D eigenvalue weighted by Gasteiger charge is 2.21. The minimum Gasteiger partial charge on any atom is -0.457 e.